The van der Waals surface area contributed by atoms with Crippen molar-refractivity contribution in [3.05, 3.63) is 23.8 Å². The summed E-state index contributed by atoms with van der Waals surface area (Å²) >= 11 is 1.43. The molecule has 2 amide bonds. The van der Waals surface area contributed by atoms with Crippen molar-refractivity contribution in [2.75, 3.05) is 24.2 Å². The average Bonchev–Trinajstić information content (AvgIpc) is 2.59. The smallest absolute Gasteiger partial charge is 0.338 e. The van der Waals surface area contributed by atoms with Crippen LogP contribution in [-0.2, 0) is 14.3 Å². The highest BCUT2D eigenvalue weighted by molar-refractivity contribution is 8.00. The van der Waals surface area contributed by atoms with Crippen molar-refractivity contribution in [2.45, 2.75) is 37.1 Å². The van der Waals surface area contributed by atoms with E-state index in [-0.39, 0.29) is 24.5 Å². The number of hydrogen-bond donors (Lipinski definition) is 1. The topological polar surface area (TPSA) is 75.7 Å². The maximum absolute atomic E-state index is 12.2. The molecular formula is C17H20N2O4S. The summed E-state index contributed by atoms with van der Waals surface area (Å²) in [5.41, 5.74) is 0.942. The van der Waals surface area contributed by atoms with Crippen molar-refractivity contribution in [1.29, 1.82) is 0 Å². The number of carbonyl (C=O) groups excluding carboxylic acids is 3. The van der Waals surface area contributed by atoms with Crippen LogP contribution in [0.4, 0.5) is 5.69 Å². The molecule has 3 rings (SSSR count). The molecule has 6 nitrogen and oxygen atoms in total. The number of nitrogens with one attached hydrogen (secondary N) is 1. The first-order valence-corrected chi connectivity index (χ1v) is 9.06. The Morgan fingerprint density at radius 2 is 2.21 bits per heavy atom. The van der Waals surface area contributed by atoms with Gasteiger partial charge in [0.25, 0.3) is 5.91 Å². The van der Waals surface area contributed by atoms with Gasteiger partial charge in [-0.05, 0) is 44.4 Å². The summed E-state index contributed by atoms with van der Waals surface area (Å²) in [4.78, 5) is 38.5. The predicted octanol–water partition coefficient (Wildman–Crippen LogP) is 2.29. The minimum atomic E-state index is -0.555. The fourth-order valence-electron chi connectivity index (χ4n) is 2.97. The van der Waals surface area contributed by atoms with E-state index in [0.717, 1.165) is 30.7 Å². The van der Waals surface area contributed by atoms with E-state index >= 15 is 0 Å². The summed E-state index contributed by atoms with van der Waals surface area (Å²) < 4.78 is 5.16. The Balaban J connectivity index is 1.60. The van der Waals surface area contributed by atoms with E-state index in [2.05, 4.69) is 5.32 Å². The van der Waals surface area contributed by atoms with Crippen molar-refractivity contribution in [3.8, 4) is 0 Å². The summed E-state index contributed by atoms with van der Waals surface area (Å²) in [6.07, 6.45) is 3.11. The number of likely N-dealkylation sites (tertiary alicyclic amines) is 1. The van der Waals surface area contributed by atoms with Crippen LogP contribution >= 0.6 is 11.8 Å². The molecule has 0 saturated carbocycles. The molecule has 1 fully saturated rings. The Morgan fingerprint density at radius 1 is 1.38 bits per heavy atom. The van der Waals surface area contributed by atoms with Crippen LogP contribution in [0, 0.1) is 0 Å². The molecule has 0 unspecified atom stereocenters. The fourth-order valence-corrected chi connectivity index (χ4v) is 3.76. The molecular weight excluding hydrogens is 328 g/mol. The monoisotopic (exact) mass is 348 g/mol. The molecule has 0 aliphatic carbocycles. The summed E-state index contributed by atoms with van der Waals surface area (Å²) in [6.45, 7) is 2.49. The number of ether oxygens (including phenoxy) is 1. The number of hydrogen-bond acceptors (Lipinski definition) is 5. The van der Waals surface area contributed by atoms with Gasteiger partial charge in [-0.15, -0.1) is 11.8 Å². The molecule has 0 bridgehead atoms. The lowest BCUT2D eigenvalue weighted by atomic mass is 10.0. The second-order valence-corrected chi connectivity index (χ2v) is 7.07. The lowest BCUT2D eigenvalue weighted by Crippen LogP contribution is -2.44. The molecule has 1 aromatic rings. The zero-order valence-corrected chi connectivity index (χ0v) is 14.4. The van der Waals surface area contributed by atoms with Crippen molar-refractivity contribution >= 4 is 35.2 Å². The van der Waals surface area contributed by atoms with Gasteiger partial charge in [-0.1, -0.05) is 0 Å². The minimum absolute atomic E-state index is 0.0905. The van der Waals surface area contributed by atoms with E-state index in [4.69, 9.17) is 4.74 Å². The highest BCUT2D eigenvalue weighted by Gasteiger charge is 2.24. The minimum Gasteiger partial charge on any atom is -0.452 e. The molecule has 2 aliphatic heterocycles. The van der Waals surface area contributed by atoms with E-state index in [1.54, 1.807) is 23.1 Å². The van der Waals surface area contributed by atoms with E-state index in [1.165, 1.54) is 11.8 Å². The number of piperidine rings is 1. The number of benzene rings is 1. The van der Waals surface area contributed by atoms with Crippen LogP contribution in [0.25, 0.3) is 0 Å². The van der Waals surface area contributed by atoms with Crippen molar-refractivity contribution in [2.24, 2.45) is 0 Å². The molecule has 1 atom stereocenters. The van der Waals surface area contributed by atoms with Crippen molar-refractivity contribution < 1.29 is 19.1 Å². The standard InChI is InChI=1S/C17H20N2O4S/c1-11-4-2-3-7-19(11)16(21)9-23-17(22)12-5-6-14-13(8-12)18-15(20)10-24-14/h5-6,8,11H,2-4,7,9-10H2,1H3,(H,18,20)/t11-/m0/s1. The lowest BCUT2D eigenvalue weighted by molar-refractivity contribution is -0.137. The number of thioether (sulfide) groups is 1. The number of esters is 1. The van der Waals surface area contributed by atoms with Crippen LogP contribution in [0.1, 0.15) is 36.5 Å². The van der Waals surface area contributed by atoms with Crippen LogP contribution in [-0.4, -0.2) is 47.6 Å². The van der Waals surface area contributed by atoms with Gasteiger partial charge in [0.2, 0.25) is 5.91 Å². The summed E-state index contributed by atoms with van der Waals surface area (Å²) in [6, 6.07) is 5.22. The predicted molar refractivity (Wildman–Crippen MR) is 91.1 cm³/mol. The van der Waals surface area contributed by atoms with Crippen LogP contribution in [0.3, 0.4) is 0 Å². The quantitative estimate of drug-likeness (QED) is 0.848. The number of carbonyl (C=O) groups is 3. The molecule has 24 heavy (non-hydrogen) atoms. The van der Waals surface area contributed by atoms with Crippen LogP contribution < -0.4 is 5.32 Å². The van der Waals surface area contributed by atoms with Crippen LogP contribution in [0.2, 0.25) is 0 Å². The molecule has 7 heteroatoms. The summed E-state index contributed by atoms with van der Waals surface area (Å²) in [5, 5.41) is 2.73. The van der Waals surface area contributed by atoms with E-state index < -0.39 is 5.97 Å². The zero-order chi connectivity index (χ0) is 17.1. The van der Waals surface area contributed by atoms with Crippen LogP contribution in [0.15, 0.2) is 23.1 Å². The highest BCUT2D eigenvalue weighted by atomic mass is 32.2. The van der Waals surface area contributed by atoms with Gasteiger partial charge in [0.15, 0.2) is 6.61 Å². The van der Waals surface area contributed by atoms with Crippen LogP contribution in [0.5, 0.6) is 0 Å². The normalized spacial score (nSPS) is 20.1. The van der Waals surface area contributed by atoms with Gasteiger partial charge < -0.3 is 15.0 Å². The molecule has 128 valence electrons. The summed E-state index contributed by atoms with van der Waals surface area (Å²) in [5.74, 6) is -0.426. The van der Waals surface area contributed by atoms with E-state index in [9.17, 15) is 14.4 Å². The van der Waals surface area contributed by atoms with E-state index in [1.807, 2.05) is 6.92 Å². The Morgan fingerprint density at radius 3 is 3.00 bits per heavy atom. The number of fused-ring (bicyclic) bond motifs is 1. The molecule has 0 spiro atoms. The SMILES string of the molecule is C[C@H]1CCCCN1C(=O)COC(=O)c1ccc2c(c1)NC(=O)CS2. The number of rotatable bonds is 3. The fraction of sp³-hybridized carbons (Fsp3) is 0.471. The Labute approximate surface area is 144 Å². The largest absolute Gasteiger partial charge is 0.452 e. The first-order valence-electron chi connectivity index (χ1n) is 8.08. The van der Waals surface area contributed by atoms with Gasteiger partial charge in [0.05, 0.1) is 17.0 Å². The maximum atomic E-state index is 12.2. The Bertz CT molecular complexity index is 677. The highest BCUT2D eigenvalue weighted by Crippen LogP contribution is 2.32. The third-order valence-electron chi connectivity index (χ3n) is 4.30. The summed E-state index contributed by atoms with van der Waals surface area (Å²) in [7, 11) is 0. The second-order valence-electron chi connectivity index (χ2n) is 6.06. The molecule has 2 aliphatic rings. The van der Waals surface area contributed by atoms with E-state index in [0.29, 0.717) is 17.0 Å². The van der Waals surface area contributed by atoms with Gasteiger partial charge in [0, 0.05) is 17.5 Å². The van der Waals surface area contributed by atoms with Crippen molar-refractivity contribution in [3.63, 3.8) is 0 Å². The van der Waals surface area contributed by atoms with Gasteiger partial charge in [-0.3, -0.25) is 9.59 Å². The zero-order valence-electron chi connectivity index (χ0n) is 13.5. The lowest BCUT2D eigenvalue weighted by Gasteiger charge is -2.33. The molecule has 1 aromatic carbocycles. The van der Waals surface area contributed by atoms with Gasteiger partial charge in [0.1, 0.15) is 0 Å². The van der Waals surface area contributed by atoms with Gasteiger partial charge >= 0.3 is 5.97 Å². The molecule has 2 heterocycles. The first kappa shape index (κ1) is 16.8. The number of amides is 2. The average molecular weight is 348 g/mol. The number of nitrogens with zero attached hydrogens (tertiary/aromatic N) is 1. The molecule has 1 saturated heterocycles. The van der Waals surface area contributed by atoms with Gasteiger partial charge in [-0.2, -0.15) is 0 Å². The number of anilines is 1. The third-order valence-corrected chi connectivity index (χ3v) is 5.37. The maximum Gasteiger partial charge on any atom is 0.338 e. The second kappa shape index (κ2) is 7.25. The first-order chi connectivity index (χ1) is 11.5. The molecule has 1 N–H and O–H groups in total. The third kappa shape index (κ3) is 3.72. The molecule has 0 aromatic heterocycles. The molecule has 0 radical (unpaired) electrons. The van der Waals surface area contributed by atoms with Gasteiger partial charge in [-0.25, -0.2) is 4.79 Å². The van der Waals surface area contributed by atoms with Crippen molar-refractivity contribution in [1.82, 2.24) is 4.90 Å². The Kier molecular flexibility index (Phi) is 5.08. The Hall–Kier alpha value is -2.02.